The van der Waals surface area contributed by atoms with Gasteiger partial charge in [-0.05, 0) is 32.1 Å². The van der Waals surface area contributed by atoms with Crippen LogP contribution in [0.4, 0.5) is 0 Å². The van der Waals surface area contributed by atoms with Crippen LogP contribution < -0.4 is 10.2 Å². The van der Waals surface area contributed by atoms with E-state index in [-0.39, 0.29) is 19.1 Å². The lowest BCUT2D eigenvalue weighted by molar-refractivity contribution is -0.870. The molecule has 9 heteroatoms. The summed E-state index contributed by atoms with van der Waals surface area (Å²) in [6.45, 7) is 4.57. The molecular weight excluding hydrogens is 599 g/mol. The first kappa shape index (κ1) is 45.0. The summed E-state index contributed by atoms with van der Waals surface area (Å²) >= 11 is 0. The van der Waals surface area contributed by atoms with Gasteiger partial charge in [-0.1, -0.05) is 141 Å². The first-order valence-electron chi connectivity index (χ1n) is 18.7. The number of amides is 1. The molecule has 0 aliphatic heterocycles. The maximum atomic E-state index is 12.7. The highest BCUT2D eigenvalue weighted by molar-refractivity contribution is 7.45. The van der Waals surface area contributed by atoms with Crippen LogP contribution in [0.5, 0.6) is 0 Å². The summed E-state index contributed by atoms with van der Waals surface area (Å²) in [5.41, 5.74) is 0. The summed E-state index contributed by atoms with van der Waals surface area (Å²) in [4.78, 5) is 25.1. The molecule has 272 valence electrons. The Hall–Kier alpha value is -1.02. The topological polar surface area (TPSA) is 108 Å². The number of hydrogen-bond acceptors (Lipinski definition) is 6. The van der Waals surface area contributed by atoms with Crippen molar-refractivity contribution in [1.82, 2.24) is 5.32 Å². The molecule has 3 atom stereocenters. The van der Waals surface area contributed by atoms with Gasteiger partial charge in [0.1, 0.15) is 13.2 Å². The Labute approximate surface area is 284 Å². The van der Waals surface area contributed by atoms with Crippen LogP contribution in [0.2, 0.25) is 0 Å². The lowest BCUT2D eigenvalue weighted by Gasteiger charge is -2.29. The van der Waals surface area contributed by atoms with Gasteiger partial charge in [0.05, 0.1) is 39.9 Å². The van der Waals surface area contributed by atoms with Crippen molar-refractivity contribution in [3.8, 4) is 0 Å². The van der Waals surface area contributed by atoms with Gasteiger partial charge in [-0.15, -0.1) is 0 Å². The Morgan fingerprint density at radius 3 is 1.76 bits per heavy atom. The number of phosphoric ester groups is 1. The summed E-state index contributed by atoms with van der Waals surface area (Å²) < 4.78 is 23.0. The fourth-order valence-electron chi connectivity index (χ4n) is 5.11. The molecule has 46 heavy (non-hydrogen) atoms. The standard InChI is InChI=1S/C37H73N2O6P/c1-6-8-10-12-14-16-18-19-21-23-25-27-29-31-37(41)38-35(34-45-46(42,43)44-33-32-39(3,4)5)36(40)30-28-26-24-22-20-17-15-13-11-9-7-2/h20,22,28,30,35-36,40H,6-19,21,23-27,29,31-34H2,1-5H3,(H-,38,41,42,43)/b22-20+,30-28+/t35-,36+/m0/s1. The predicted molar refractivity (Wildman–Crippen MR) is 192 cm³/mol. The van der Waals surface area contributed by atoms with Gasteiger partial charge >= 0.3 is 0 Å². The van der Waals surface area contributed by atoms with E-state index in [4.69, 9.17) is 9.05 Å². The van der Waals surface area contributed by atoms with Crippen LogP contribution in [0, 0.1) is 0 Å². The molecule has 0 rings (SSSR count). The number of likely N-dealkylation sites (N-methyl/N-ethyl adjacent to an activating group) is 1. The van der Waals surface area contributed by atoms with E-state index in [1.54, 1.807) is 6.08 Å². The molecule has 0 aromatic rings. The van der Waals surface area contributed by atoms with E-state index in [0.29, 0.717) is 17.4 Å². The zero-order chi connectivity index (χ0) is 34.4. The highest BCUT2D eigenvalue weighted by Gasteiger charge is 2.23. The number of unbranched alkanes of at least 4 members (excludes halogenated alkanes) is 18. The first-order valence-corrected chi connectivity index (χ1v) is 20.2. The minimum atomic E-state index is -4.58. The van der Waals surface area contributed by atoms with Crippen molar-refractivity contribution in [2.45, 2.75) is 167 Å². The largest absolute Gasteiger partial charge is 0.756 e. The molecule has 0 fully saturated rings. The molecule has 0 aliphatic rings. The second-order valence-electron chi connectivity index (χ2n) is 13.9. The van der Waals surface area contributed by atoms with E-state index in [2.05, 4.69) is 31.3 Å². The minimum absolute atomic E-state index is 0.00490. The van der Waals surface area contributed by atoms with Gasteiger partial charge < -0.3 is 28.8 Å². The minimum Gasteiger partial charge on any atom is -0.756 e. The van der Waals surface area contributed by atoms with Crippen molar-refractivity contribution in [3.63, 3.8) is 0 Å². The summed E-state index contributed by atoms with van der Waals surface area (Å²) in [5.74, 6) is -0.210. The summed E-state index contributed by atoms with van der Waals surface area (Å²) in [6.07, 6.45) is 32.2. The number of nitrogens with one attached hydrogen (secondary N) is 1. The Balaban J connectivity index is 4.58. The predicted octanol–water partition coefficient (Wildman–Crippen LogP) is 8.77. The number of aliphatic hydroxyl groups excluding tert-OH is 1. The van der Waals surface area contributed by atoms with E-state index < -0.39 is 20.0 Å². The van der Waals surface area contributed by atoms with Crippen LogP contribution in [0.25, 0.3) is 0 Å². The van der Waals surface area contributed by atoms with Crippen LogP contribution in [0.1, 0.15) is 155 Å². The van der Waals surface area contributed by atoms with Crippen LogP contribution in [0.3, 0.4) is 0 Å². The number of aliphatic hydroxyl groups is 1. The monoisotopic (exact) mass is 673 g/mol. The van der Waals surface area contributed by atoms with E-state index in [1.165, 1.54) is 96.3 Å². The van der Waals surface area contributed by atoms with E-state index >= 15 is 0 Å². The molecule has 0 aromatic carbocycles. The number of carbonyl (C=O) groups excluding carboxylic acids is 1. The number of carbonyl (C=O) groups is 1. The average molecular weight is 673 g/mol. The maximum Gasteiger partial charge on any atom is 0.268 e. The van der Waals surface area contributed by atoms with E-state index in [0.717, 1.165) is 38.5 Å². The zero-order valence-electron chi connectivity index (χ0n) is 30.5. The smallest absolute Gasteiger partial charge is 0.268 e. The quantitative estimate of drug-likeness (QED) is 0.0312. The molecule has 0 spiro atoms. The van der Waals surface area contributed by atoms with Crippen LogP contribution >= 0.6 is 7.82 Å². The lowest BCUT2D eigenvalue weighted by Crippen LogP contribution is -2.45. The number of nitrogens with zero attached hydrogens (tertiary/aromatic N) is 1. The lowest BCUT2D eigenvalue weighted by atomic mass is 10.0. The zero-order valence-corrected chi connectivity index (χ0v) is 31.4. The third kappa shape index (κ3) is 31.6. The van der Waals surface area contributed by atoms with Crippen LogP contribution in [0.15, 0.2) is 24.3 Å². The molecule has 1 unspecified atom stereocenters. The third-order valence-electron chi connectivity index (χ3n) is 8.16. The molecule has 0 heterocycles. The fourth-order valence-corrected chi connectivity index (χ4v) is 5.83. The van der Waals surface area contributed by atoms with E-state index in [9.17, 15) is 19.4 Å². The Bertz CT molecular complexity index is 814. The van der Waals surface area contributed by atoms with Gasteiger partial charge in [-0.2, -0.15) is 0 Å². The molecule has 0 aromatic heterocycles. The summed E-state index contributed by atoms with van der Waals surface area (Å²) in [6, 6.07) is -0.895. The van der Waals surface area contributed by atoms with Crippen molar-refractivity contribution >= 4 is 13.7 Å². The molecule has 0 saturated carbocycles. The van der Waals surface area contributed by atoms with Crippen molar-refractivity contribution in [3.05, 3.63) is 24.3 Å². The van der Waals surface area contributed by atoms with E-state index in [1.807, 2.05) is 27.2 Å². The summed E-state index contributed by atoms with van der Waals surface area (Å²) in [7, 11) is 1.24. The molecule has 2 N–H and O–H groups in total. The molecule has 0 radical (unpaired) electrons. The van der Waals surface area contributed by atoms with Gasteiger partial charge in [0.2, 0.25) is 5.91 Å². The first-order chi connectivity index (χ1) is 22.0. The molecular formula is C37H73N2O6P. The molecule has 0 saturated heterocycles. The second kappa shape index (κ2) is 30.1. The average Bonchev–Trinajstić information content (AvgIpc) is 2.99. The second-order valence-corrected chi connectivity index (χ2v) is 15.3. The Morgan fingerprint density at radius 1 is 0.739 bits per heavy atom. The van der Waals surface area contributed by atoms with Crippen LogP contribution in [-0.4, -0.2) is 68.5 Å². The van der Waals surface area contributed by atoms with Crippen molar-refractivity contribution < 1.29 is 32.9 Å². The molecule has 8 nitrogen and oxygen atoms in total. The van der Waals surface area contributed by atoms with Crippen molar-refractivity contribution in [2.24, 2.45) is 0 Å². The summed E-state index contributed by atoms with van der Waals surface area (Å²) in [5, 5.41) is 13.6. The Morgan fingerprint density at radius 2 is 1.22 bits per heavy atom. The van der Waals surface area contributed by atoms with Gasteiger partial charge in [0.15, 0.2) is 0 Å². The van der Waals surface area contributed by atoms with Gasteiger partial charge in [-0.3, -0.25) is 9.36 Å². The van der Waals surface area contributed by atoms with Gasteiger partial charge in [0.25, 0.3) is 7.82 Å². The normalized spacial score (nSPS) is 15.0. The fraction of sp³-hybridized carbons (Fsp3) is 0.865. The SMILES string of the molecule is CCCCCCC/C=C/CC/C=C/[C@@H](O)[C@H](COP(=O)([O-])OCC[N+](C)(C)C)NC(=O)CCCCCCCCCCCCCCC. The number of rotatable bonds is 33. The highest BCUT2D eigenvalue weighted by atomic mass is 31.2. The number of quaternary nitrogens is 1. The van der Waals surface area contributed by atoms with Gasteiger partial charge in [-0.25, -0.2) is 0 Å². The van der Waals surface area contributed by atoms with Crippen LogP contribution in [-0.2, 0) is 18.4 Å². The molecule has 0 aliphatic carbocycles. The molecule has 1 amide bonds. The van der Waals surface area contributed by atoms with Crippen molar-refractivity contribution in [2.75, 3.05) is 40.9 Å². The number of allylic oxidation sites excluding steroid dienone is 3. The van der Waals surface area contributed by atoms with Crippen molar-refractivity contribution in [1.29, 1.82) is 0 Å². The number of hydrogen-bond donors (Lipinski definition) is 2. The third-order valence-corrected chi connectivity index (χ3v) is 9.13. The maximum absolute atomic E-state index is 12.7. The number of phosphoric acid groups is 1. The van der Waals surface area contributed by atoms with Gasteiger partial charge in [0, 0.05) is 6.42 Å². The highest BCUT2D eigenvalue weighted by Crippen LogP contribution is 2.38. The Kier molecular flexibility index (Phi) is 29.4. The molecule has 0 bridgehead atoms.